The molecule has 35 heavy (non-hydrogen) atoms. The first-order valence-electron chi connectivity index (χ1n) is 11.3. The zero-order chi connectivity index (χ0) is 25.2. The number of hydrogen-bond acceptors (Lipinski definition) is 7. The van der Waals surface area contributed by atoms with Crippen molar-refractivity contribution in [3.8, 4) is 0 Å². The van der Waals surface area contributed by atoms with Crippen molar-refractivity contribution >= 4 is 38.5 Å². The molecule has 0 radical (unpaired) electrons. The second-order valence-electron chi connectivity index (χ2n) is 8.06. The van der Waals surface area contributed by atoms with Crippen LogP contribution in [0.25, 0.3) is 10.9 Å². The molecule has 0 atom stereocenters. The Morgan fingerprint density at radius 1 is 1.11 bits per heavy atom. The summed E-state index contributed by atoms with van der Waals surface area (Å²) in [5.41, 5.74) is 0.847. The summed E-state index contributed by atoms with van der Waals surface area (Å²) in [6.45, 7) is 4.35. The molecule has 2 heterocycles. The predicted octanol–water partition coefficient (Wildman–Crippen LogP) is 2.17. The first-order valence-corrected chi connectivity index (χ1v) is 12.8. The lowest BCUT2D eigenvalue weighted by molar-refractivity contribution is -0.119. The van der Waals surface area contributed by atoms with Gasteiger partial charge in [0.1, 0.15) is 5.82 Å². The fourth-order valence-corrected chi connectivity index (χ4v) is 5.50. The second kappa shape index (κ2) is 9.96. The molecule has 0 saturated heterocycles. The summed E-state index contributed by atoms with van der Waals surface area (Å²) in [6, 6.07) is 10.3. The predicted molar refractivity (Wildman–Crippen MR) is 130 cm³/mol. The molecule has 0 unspecified atom stereocenters. The van der Waals surface area contributed by atoms with E-state index in [9.17, 15) is 22.8 Å². The molecule has 0 aliphatic carbocycles. The van der Waals surface area contributed by atoms with E-state index in [0.717, 1.165) is 6.42 Å². The number of carbonyl (C=O) groups excluding carboxylic acids is 2. The van der Waals surface area contributed by atoms with Crippen molar-refractivity contribution in [2.75, 3.05) is 25.0 Å². The Bertz CT molecular complexity index is 1440. The minimum atomic E-state index is -3.60. The van der Waals surface area contributed by atoms with Crippen LogP contribution in [0.4, 0.5) is 5.69 Å². The van der Waals surface area contributed by atoms with Crippen LogP contribution in [-0.4, -0.2) is 53.8 Å². The van der Waals surface area contributed by atoms with Crippen LogP contribution in [0.15, 0.2) is 52.2 Å². The lowest BCUT2D eigenvalue weighted by atomic mass is 10.1. The van der Waals surface area contributed by atoms with Crippen molar-refractivity contribution in [2.45, 2.75) is 38.1 Å². The van der Waals surface area contributed by atoms with Gasteiger partial charge < -0.3 is 10.1 Å². The highest BCUT2D eigenvalue weighted by Gasteiger charge is 2.21. The Morgan fingerprint density at radius 3 is 2.51 bits per heavy atom. The van der Waals surface area contributed by atoms with Crippen molar-refractivity contribution in [1.29, 1.82) is 0 Å². The number of hydrogen-bond donors (Lipinski definition) is 1. The summed E-state index contributed by atoms with van der Waals surface area (Å²) in [7, 11) is -3.60. The van der Waals surface area contributed by atoms with E-state index in [-0.39, 0.29) is 16.0 Å². The number of nitrogens with one attached hydrogen (secondary N) is 1. The summed E-state index contributed by atoms with van der Waals surface area (Å²) >= 11 is 0. The maximum Gasteiger partial charge on any atom is 0.338 e. The Kier molecular flexibility index (Phi) is 6.99. The molecule has 1 aliphatic heterocycles. The lowest BCUT2D eigenvalue weighted by Gasteiger charge is -2.18. The molecule has 0 fully saturated rings. The maximum absolute atomic E-state index is 12.6. The zero-order valence-electron chi connectivity index (χ0n) is 19.5. The molecule has 184 valence electrons. The number of fused-ring (bicyclic) bond motifs is 2. The molecule has 0 spiro atoms. The van der Waals surface area contributed by atoms with E-state index in [4.69, 9.17) is 4.74 Å². The van der Waals surface area contributed by atoms with Crippen LogP contribution in [0, 0.1) is 0 Å². The van der Waals surface area contributed by atoms with Gasteiger partial charge in [0.15, 0.2) is 6.61 Å². The number of aromatic nitrogens is 2. The highest BCUT2D eigenvalue weighted by atomic mass is 32.2. The quantitative estimate of drug-likeness (QED) is 0.472. The summed E-state index contributed by atoms with van der Waals surface area (Å²) in [6.07, 6.45) is 1.57. The summed E-state index contributed by atoms with van der Waals surface area (Å²) in [5, 5.41) is 3.00. The van der Waals surface area contributed by atoms with Crippen LogP contribution in [-0.2, 0) is 32.5 Å². The minimum Gasteiger partial charge on any atom is -0.452 e. The van der Waals surface area contributed by atoms with Gasteiger partial charge in [0.25, 0.3) is 11.5 Å². The molecule has 3 aromatic rings. The Morgan fingerprint density at radius 2 is 1.83 bits per heavy atom. The van der Waals surface area contributed by atoms with Crippen LogP contribution in [0.3, 0.4) is 0 Å². The van der Waals surface area contributed by atoms with Crippen LogP contribution in [0.5, 0.6) is 0 Å². The first-order chi connectivity index (χ1) is 16.7. The third-order valence-corrected chi connectivity index (χ3v) is 7.93. The van der Waals surface area contributed by atoms with E-state index >= 15 is 0 Å². The van der Waals surface area contributed by atoms with Gasteiger partial charge in [0.05, 0.1) is 21.4 Å². The summed E-state index contributed by atoms with van der Waals surface area (Å²) in [5.74, 6) is -0.596. The summed E-state index contributed by atoms with van der Waals surface area (Å²) in [4.78, 5) is 41.9. The van der Waals surface area contributed by atoms with Gasteiger partial charge in [0.2, 0.25) is 10.0 Å². The normalized spacial score (nSPS) is 13.1. The van der Waals surface area contributed by atoms with Crippen molar-refractivity contribution in [3.05, 3.63) is 64.2 Å². The number of nitrogens with zero attached hydrogens (tertiary/aromatic N) is 3. The number of esters is 1. The molecule has 1 amide bonds. The molecule has 0 bridgehead atoms. The molecule has 10 nitrogen and oxygen atoms in total. The average Bonchev–Trinajstić information content (AvgIpc) is 3.32. The fraction of sp³-hybridized carbons (Fsp3) is 0.333. The fourth-order valence-electron chi connectivity index (χ4n) is 4.05. The van der Waals surface area contributed by atoms with Crippen LogP contribution >= 0.6 is 0 Å². The SMILES string of the molecule is CCN(CC)S(=O)(=O)c1ccc(NC(=O)COC(=O)c2ccc3c(=O)n4c(nc3c2)CCC4)cc1. The van der Waals surface area contributed by atoms with Gasteiger partial charge in [-0.1, -0.05) is 13.8 Å². The number of ether oxygens (including phenoxy) is 1. The Hall–Kier alpha value is -3.57. The number of aryl methyl sites for hydroxylation is 1. The molecule has 2 aromatic carbocycles. The van der Waals surface area contributed by atoms with E-state index in [1.807, 2.05) is 0 Å². The van der Waals surface area contributed by atoms with Crippen LogP contribution in [0.1, 0.15) is 36.5 Å². The molecule has 1 aromatic heterocycles. The first kappa shape index (κ1) is 24.6. The smallest absolute Gasteiger partial charge is 0.338 e. The van der Waals surface area contributed by atoms with Gasteiger partial charge in [0, 0.05) is 31.7 Å². The van der Waals surface area contributed by atoms with Gasteiger partial charge in [-0.3, -0.25) is 14.2 Å². The third kappa shape index (κ3) is 4.96. The van der Waals surface area contributed by atoms with E-state index < -0.39 is 28.5 Å². The molecule has 4 rings (SSSR count). The maximum atomic E-state index is 12.6. The standard InChI is InChI=1S/C24H26N4O6S/c1-3-27(4-2)35(32,33)18-10-8-17(9-11-18)25-22(29)15-34-24(31)16-7-12-19-20(14-16)26-21-6-5-13-28(21)23(19)30/h7-12,14H,3-6,13,15H2,1-2H3,(H,25,29). The number of amides is 1. The summed E-state index contributed by atoms with van der Waals surface area (Å²) < 4.78 is 33.2. The molecule has 1 N–H and O–H groups in total. The highest BCUT2D eigenvalue weighted by Crippen LogP contribution is 2.19. The highest BCUT2D eigenvalue weighted by molar-refractivity contribution is 7.89. The Balaban J connectivity index is 1.38. The topological polar surface area (TPSA) is 128 Å². The molecule has 1 aliphatic rings. The molecule has 0 saturated carbocycles. The second-order valence-corrected chi connectivity index (χ2v) is 10.00. The van der Waals surface area contributed by atoms with E-state index in [0.29, 0.717) is 48.5 Å². The van der Waals surface area contributed by atoms with Gasteiger partial charge >= 0.3 is 5.97 Å². The van der Waals surface area contributed by atoms with Crippen molar-refractivity contribution in [3.63, 3.8) is 0 Å². The number of sulfonamides is 1. The van der Waals surface area contributed by atoms with Crippen molar-refractivity contribution < 1.29 is 22.7 Å². The average molecular weight is 499 g/mol. The molecule has 11 heteroatoms. The number of rotatable bonds is 8. The third-order valence-electron chi connectivity index (χ3n) is 5.87. The van der Waals surface area contributed by atoms with Gasteiger partial charge in [-0.05, 0) is 48.9 Å². The lowest BCUT2D eigenvalue weighted by Crippen LogP contribution is -2.30. The minimum absolute atomic E-state index is 0.126. The van der Waals surface area contributed by atoms with Crippen molar-refractivity contribution in [2.24, 2.45) is 0 Å². The van der Waals surface area contributed by atoms with Crippen molar-refractivity contribution in [1.82, 2.24) is 13.9 Å². The Labute approximate surface area is 202 Å². The van der Waals surface area contributed by atoms with Gasteiger partial charge in [-0.15, -0.1) is 0 Å². The molecular formula is C24H26N4O6S. The number of carbonyl (C=O) groups is 2. The van der Waals surface area contributed by atoms with E-state index in [1.165, 1.54) is 40.7 Å². The van der Waals surface area contributed by atoms with E-state index in [2.05, 4.69) is 10.3 Å². The number of benzene rings is 2. The van der Waals surface area contributed by atoms with Gasteiger partial charge in [-0.2, -0.15) is 4.31 Å². The van der Waals surface area contributed by atoms with Crippen LogP contribution in [0.2, 0.25) is 0 Å². The van der Waals surface area contributed by atoms with E-state index in [1.54, 1.807) is 24.5 Å². The largest absolute Gasteiger partial charge is 0.452 e. The monoisotopic (exact) mass is 498 g/mol. The molecular weight excluding hydrogens is 472 g/mol. The zero-order valence-corrected chi connectivity index (χ0v) is 20.3. The number of anilines is 1. The van der Waals surface area contributed by atoms with Crippen LogP contribution < -0.4 is 10.9 Å². The van der Waals surface area contributed by atoms with Gasteiger partial charge in [-0.25, -0.2) is 18.2 Å².